The zero-order chi connectivity index (χ0) is 17.6. The van der Waals surface area contributed by atoms with Gasteiger partial charge >= 0.3 is 0 Å². The van der Waals surface area contributed by atoms with Crippen LogP contribution in [0.2, 0.25) is 0 Å². The van der Waals surface area contributed by atoms with Gasteiger partial charge in [0.25, 0.3) is 0 Å². The summed E-state index contributed by atoms with van der Waals surface area (Å²) in [7, 11) is 0. The monoisotopic (exact) mass is 337 g/mol. The maximum atomic E-state index is 12.3. The molecule has 132 valence electrons. The molecule has 4 heteroatoms. The normalized spacial score (nSPS) is 15.9. The molecule has 2 aromatic carbocycles. The van der Waals surface area contributed by atoms with Crippen molar-refractivity contribution in [1.82, 2.24) is 9.80 Å². The van der Waals surface area contributed by atoms with Crippen LogP contribution in [0.3, 0.4) is 0 Å². The lowest BCUT2D eigenvalue weighted by Crippen LogP contribution is -2.48. The van der Waals surface area contributed by atoms with Crippen molar-refractivity contribution in [3.05, 3.63) is 65.2 Å². The van der Waals surface area contributed by atoms with Crippen molar-refractivity contribution in [2.24, 2.45) is 0 Å². The van der Waals surface area contributed by atoms with E-state index < -0.39 is 0 Å². The highest BCUT2D eigenvalue weighted by molar-refractivity contribution is 5.92. The van der Waals surface area contributed by atoms with Crippen LogP contribution in [0, 0.1) is 13.8 Å². The predicted octanol–water partition coefficient (Wildman–Crippen LogP) is 3.06. The molecule has 4 nitrogen and oxygen atoms in total. The third-order valence-electron chi connectivity index (χ3n) is 4.91. The number of anilines is 1. The first kappa shape index (κ1) is 17.6. The smallest absolute Gasteiger partial charge is 0.238 e. The first-order valence-corrected chi connectivity index (χ1v) is 8.96. The van der Waals surface area contributed by atoms with Gasteiger partial charge in [-0.05, 0) is 36.6 Å². The molecule has 0 atom stereocenters. The first-order valence-electron chi connectivity index (χ1n) is 8.96. The van der Waals surface area contributed by atoms with Gasteiger partial charge < -0.3 is 5.32 Å². The van der Waals surface area contributed by atoms with Gasteiger partial charge in [-0.15, -0.1) is 0 Å². The van der Waals surface area contributed by atoms with Gasteiger partial charge in [-0.25, -0.2) is 0 Å². The third kappa shape index (κ3) is 4.91. The summed E-state index contributed by atoms with van der Waals surface area (Å²) in [5.41, 5.74) is 4.75. The molecule has 1 aliphatic heterocycles. The number of piperazine rings is 1. The molecule has 0 bridgehead atoms. The maximum absolute atomic E-state index is 12.3. The molecule has 0 saturated carbocycles. The van der Waals surface area contributed by atoms with Crippen LogP contribution in [0.15, 0.2) is 48.5 Å². The molecular formula is C21H27N3O. The van der Waals surface area contributed by atoms with Gasteiger partial charge in [0, 0.05) is 38.4 Å². The van der Waals surface area contributed by atoms with E-state index in [0.29, 0.717) is 6.54 Å². The third-order valence-corrected chi connectivity index (χ3v) is 4.91. The number of para-hydroxylation sites is 1. The summed E-state index contributed by atoms with van der Waals surface area (Å²) in [4.78, 5) is 17.0. The van der Waals surface area contributed by atoms with E-state index >= 15 is 0 Å². The minimum atomic E-state index is 0.0710. The minimum Gasteiger partial charge on any atom is -0.325 e. The molecule has 1 amide bonds. The van der Waals surface area contributed by atoms with E-state index in [1.165, 1.54) is 11.1 Å². The molecule has 0 radical (unpaired) electrons. The Balaban J connectivity index is 1.45. The fourth-order valence-corrected chi connectivity index (χ4v) is 3.24. The minimum absolute atomic E-state index is 0.0710. The van der Waals surface area contributed by atoms with Crippen LogP contribution in [0.4, 0.5) is 5.69 Å². The fraction of sp³-hybridized carbons (Fsp3) is 0.381. The summed E-state index contributed by atoms with van der Waals surface area (Å²) in [6, 6.07) is 16.5. The number of carbonyl (C=O) groups excluding carboxylic acids is 1. The van der Waals surface area contributed by atoms with Crippen LogP contribution in [0.1, 0.15) is 16.7 Å². The molecule has 1 N–H and O–H groups in total. The molecular weight excluding hydrogens is 310 g/mol. The van der Waals surface area contributed by atoms with Crippen LogP contribution in [0.25, 0.3) is 0 Å². The van der Waals surface area contributed by atoms with Crippen molar-refractivity contribution in [2.75, 3.05) is 38.0 Å². The van der Waals surface area contributed by atoms with Crippen molar-refractivity contribution in [3.8, 4) is 0 Å². The quantitative estimate of drug-likeness (QED) is 0.911. The summed E-state index contributed by atoms with van der Waals surface area (Å²) in [6.07, 6.45) is 0. The number of aryl methyl sites for hydroxylation is 2. The molecule has 0 aliphatic carbocycles. The van der Waals surface area contributed by atoms with Crippen LogP contribution < -0.4 is 5.32 Å². The van der Waals surface area contributed by atoms with Crippen molar-refractivity contribution in [2.45, 2.75) is 20.4 Å². The lowest BCUT2D eigenvalue weighted by Gasteiger charge is -2.34. The molecule has 0 unspecified atom stereocenters. The molecule has 1 heterocycles. The molecule has 25 heavy (non-hydrogen) atoms. The second-order valence-corrected chi connectivity index (χ2v) is 6.84. The highest BCUT2D eigenvalue weighted by Gasteiger charge is 2.19. The van der Waals surface area contributed by atoms with E-state index in [4.69, 9.17) is 0 Å². The molecule has 3 rings (SSSR count). The van der Waals surface area contributed by atoms with Crippen molar-refractivity contribution in [1.29, 1.82) is 0 Å². The number of benzene rings is 2. The van der Waals surface area contributed by atoms with Gasteiger partial charge in [0.1, 0.15) is 0 Å². The van der Waals surface area contributed by atoms with Gasteiger partial charge in [-0.2, -0.15) is 0 Å². The highest BCUT2D eigenvalue weighted by Crippen LogP contribution is 2.14. The van der Waals surface area contributed by atoms with Gasteiger partial charge in [-0.1, -0.05) is 42.5 Å². The lowest BCUT2D eigenvalue weighted by molar-refractivity contribution is -0.117. The molecule has 1 fully saturated rings. The number of nitrogens with one attached hydrogen (secondary N) is 1. The van der Waals surface area contributed by atoms with E-state index in [9.17, 15) is 4.79 Å². The number of amides is 1. The Labute approximate surface area is 150 Å². The summed E-state index contributed by atoms with van der Waals surface area (Å²) in [5, 5.41) is 3.02. The molecule has 1 saturated heterocycles. The zero-order valence-corrected chi connectivity index (χ0v) is 15.2. The Bertz CT molecular complexity index is 721. The number of carbonyl (C=O) groups is 1. The molecule has 0 spiro atoms. The van der Waals surface area contributed by atoms with Gasteiger partial charge in [0.05, 0.1) is 6.54 Å². The van der Waals surface area contributed by atoms with E-state index in [1.54, 1.807) is 0 Å². The lowest BCUT2D eigenvalue weighted by atomic mass is 10.1. The standard InChI is InChI=1S/C21H27N3O/c1-17-7-3-5-9-19(17)15-23-11-13-24(14-12-23)16-21(25)22-20-10-6-4-8-18(20)2/h3-10H,11-16H2,1-2H3,(H,22,25). The summed E-state index contributed by atoms with van der Waals surface area (Å²) in [5.74, 6) is 0.0710. The predicted molar refractivity (Wildman–Crippen MR) is 103 cm³/mol. The van der Waals surface area contributed by atoms with Gasteiger partial charge in [-0.3, -0.25) is 14.6 Å². The SMILES string of the molecule is Cc1ccccc1CN1CCN(CC(=O)Nc2ccccc2C)CC1. The van der Waals surface area contributed by atoms with Crippen LogP contribution in [-0.4, -0.2) is 48.4 Å². The average molecular weight is 337 g/mol. The van der Waals surface area contributed by atoms with Gasteiger partial charge in [0.2, 0.25) is 5.91 Å². The first-order chi connectivity index (χ1) is 12.1. The molecule has 1 aliphatic rings. The number of rotatable bonds is 5. The van der Waals surface area contributed by atoms with E-state index in [1.807, 2.05) is 31.2 Å². The Morgan fingerprint density at radius 2 is 1.48 bits per heavy atom. The Kier molecular flexibility index (Phi) is 5.84. The number of hydrogen-bond donors (Lipinski definition) is 1. The Hall–Kier alpha value is -2.17. The van der Waals surface area contributed by atoms with E-state index in [-0.39, 0.29) is 5.91 Å². The molecule has 2 aromatic rings. The van der Waals surface area contributed by atoms with E-state index in [2.05, 4.69) is 46.3 Å². The second-order valence-electron chi connectivity index (χ2n) is 6.84. The van der Waals surface area contributed by atoms with Crippen molar-refractivity contribution < 1.29 is 4.79 Å². The van der Waals surface area contributed by atoms with Crippen LogP contribution in [-0.2, 0) is 11.3 Å². The molecule has 0 aromatic heterocycles. The van der Waals surface area contributed by atoms with Crippen molar-refractivity contribution in [3.63, 3.8) is 0 Å². The van der Waals surface area contributed by atoms with E-state index in [0.717, 1.165) is 44.0 Å². The zero-order valence-electron chi connectivity index (χ0n) is 15.2. The number of hydrogen-bond acceptors (Lipinski definition) is 3. The van der Waals surface area contributed by atoms with Crippen LogP contribution >= 0.6 is 0 Å². The topological polar surface area (TPSA) is 35.6 Å². The van der Waals surface area contributed by atoms with Crippen LogP contribution in [0.5, 0.6) is 0 Å². The summed E-state index contributed by atoms with van der Waals surface area (Å²) in [6.45, 7) is 9.53. The Morgan fingerprint density at radius 3 is 2.16 bits per heavy atom. The Morgan fingerprint density at radius 1 is 0.880 bits per heavy atom. The maximum Gasteiger partial charge on any atom is 0.238 e. The fourth-order valence-electron chi connectivity index (χ4n) is 3.24. The second kappa shape index (κ2) is 8.28. The summed E-state index contributed by atoms with van der Waals surface area (Å²) >= 11 is 0. The number of nitrogens with zero attached hydrogens (tertiary/aromatic N) is 2. The van der Waals surface area contributed by atoms with Crippen molar-refractivity contribution >= 4 is 11.6 Å². The van der Waals surface area contributed by atoms with Gasteiger partial charge in [0.15, 0.2) is 0 Å². The highest BCUT2D eigenvalue weighted by atomic mass is 16.2. The average Bonchev–Trinajstić information content (AvgIpc) is 2.61. The summed E-state index contributed by atoms with van der Waals surface area (Å²) < 4.78 is 0. The largest absolute Gasteiger partial charge is 0.325 e.